The van der Waals surface area contributed by atoms with Gasteiger partial charge in [0.2, 0.25) is 0 Å². The van der Waals surface area contributed by atoms with Crippen LogP contribution in [0, 0.1) is 10.1 Å². The summed E-state index contributed by atoms with van der Waals surface area (Å²) in [6.45, 7) is 3.26. The Bertz CT molecular complexity index is 612. The molecule has 0 spiro atoms. The number of esters is 2. The van der Waals surface area contributed by atoms with Gasteiger partial charge in [0.25, 0.3) is 5.69 Å². The number of ether oxygens (including phenoxy) is 2. The van der Waals surface area contributed by atoms with Crippen LogP contribution in [0.2, 0.25) is 5.02 Å². The first-order valence-electron chi connectivity index (χ1n) is 6.40. The Hall–Kier alpha value is -0.774. The van der Waals surface area contributed by atoms with Crippen LogP contribution in [-0.2, 0) is 19.1 Å². The molecule has 1 aromatic rings. The van der Waals surface area contributed by atoms with E-state index >= 15 is 0 Å². The number of rotatable bonds is 6. The summed E-state index contributed by atoms with van der Waals surface area (Å²) in [5, 5.41) is 11.2. The van der Waals surface area contributed by atoms with Gasteiger partial charge in [-0.3, -0.25) is 10.1 Å². The second-order valence-corrected chi connectivity index (χ2v) is 4.40. The Kier molecular flexibility index (Phi) is 10.5. The van der Waals surface area contributed by atoms with Crippen molar-refractivity contribution in [2.75, 3.05) is 13.2 Å². The molecule has 0 aliphatic carbocycles. The predicted octanol–water partition coefficient (Wildman–Crippen LogP) is 2.11. The Morgan fingerprint density at radius 2 is 1.74 bits per heavy atom. The molecule has 0 saturated heterocycles. The second kappa shape index (κ2) is 10.9. The summed E-state index contributed by atoms with van der Waals surface area (Å²) in [5.74, 6) is -1.82. The van der Waals surface area contributed by atoms with Crippen LogP contribution in [-0.4, -0.2) is 81.5 Å². The maximum atomic E-state index is 11.8. The zero-order chi connectivity index (χ0) is 16.7. The minimum atomic E-state index is -0.912. The van der Waals surface area contributed by atoms with Crippen LogP contribution in [0.4, 0.5) is 5.69 Å². The van der Waals surface area contributed by atoms with Gasteiger partial charge < -0.3 is 9.47 Å². The van der Waals surface area contributed by atoms with E-state index in [0.29, 0.717) is 0 Å². The molecule has 0 atom stereocenters. The molecule has 9 heteroatoms. The Labute approximate surface area is 180 Å². The molecule has 1 aromatic carbocycles. The van der Waals surface area contributed by atoms with Gasteiger partial charge >= 0.3 is 63.3 Å². The van der Waals surface area contributed by atoms with Crippen molar-refractivity contribution in [1.29, 1.82) is 0 Å². The molecular weight excluding hydrogens is 353 g/mol. The van der Waals surface area contributed by atoms with Crippen LogP contribution in [0.5, 0.6) is 0 Å². The first kappa shape index (κ1) is 22.2. The average Bonchev–Trinajstić information content (AvgIpc) is 2.46. The van der Waals surface area contributed by atoms with E-state index in [1.54, 1.807) is 13.8 Å². The Morgan fingerprint density at radius 1 is 1.22 bits per heavy atom. The fraction of sp³-hybridized carbons (Fsp3) is 0.286. The molecule has 0 N–H and O–H groups in total. The van der Waals surface area contributed by atoms with E-state index in [1.807, 2.05) is 0 Å². The number of hydrogen-bond donors (Lipinski definition) is 0. The van der Waals surface area contributed by atoms with Crippen molar-refractivity contribution in [2.45, 2.75) is 13.8 Å². The first-order chi connectivity index (χ1) is 10.4. The number of nitro benzene ring substituents is 1. The van der Waals surface area contributed by atoms with Gasteiger partial charge in [-0.2, -0.15) is 0 Å². The van der Waals surface area contributed by atoms with E-state index in [1.165, 1.54) is 12.1 Å². The molecule has 0 radical (unpaired) electrons. The van der Waals surface area contributed by atoms with Crippen LogP contribution < -0.4 is 0 Å². The van der Waals surface area contributed by atoms with Crippen molar-refractivity contribution in [2.24, 2.45) is 0 Å². The normalized spacial score (nSPS) is 9.35. The average molecular weight is 368 g/mol. The molecule has 0 saturated carbocycles. The molecule has 0 unspecified atom stereocenters. The SMILES string of the molecule is CCOC(=O)C(=Cc1ccc(Cl)cc1[N+](=O)[O-])C(=O)OCC.[KH]. The summed E-state index contributed by atoms with van der Waals surface area (Å²) in [6.07, 6.45) is 1.06. The summed E-state index contributed by atoms with van der Waals surface area (Å²) in [6, 6.07) is 3.87. The number of nitro groups is 1. The Balaban J connectivity index is 0.00000484. The molecule has 1 rings (SSSR count). The Morgan fingerprint density at radius 3 is 2.17 bits per heavy atom. The molecule has 0 bridgehead atoms. The van der Waals surface area contributed by atoms with E-state index in [-0.39, 0.29) is 80.9 Å². The number of carbonyl (C=O) groups is 2. The predicted molar refractivity (Wildman–Crippen MR) is 86.5 cm³/mol. The summed E-state index contributed by atoms with van der Waals surface area (Å²) < 4.78 is 9.53. The summed E-state index contributed by atoms with van der Waals surface area (Å²) in [7, 11) is 0. The number of hydrogen-bond acceptors (Lipinski definition) is 6. The molecule has 7 nitrogen and oxygen atoms in total. The van der Waals surface area contributed by atoms with E-state index in [2.05, 4.69) is 0 Å². The van der Waals surface area contributed by atoms with Crippen molar-refractivity contribution in [1.82, 2.24) is 0 Å². The number of nitrogens with zero attached hydrogens (tertiary/aromatic N) is 1. The van der Waals surface area contributed by atoms with Crippen LogP contribution in [0.25, 0.3) is 6.08 Å². The van der Waals surface area contributed by atoms with Crippen molar-refractivity contribution in [3.05, 3.63) is 44.5 Å². The van der Waals surface area contributed by atoms with Gasteiger partial charge in [0.15, 0.2) is 0 Å². The van der Waals surface area contributed by atoms with E-state index in [4.69, 9.17) is 21.1 Å². The fourth-order valence-corrected chi connectivity index (χ4v) is 1.74. The third-order valence-corrected chi connectivity index (χ3v) is 2.71. The van der Waals surface area contributed by atoms with Gasteiger partial charge in [0, 0.05) is 11.1 Å². The fourth-order valence-electron chi connectivity index (χ4n) is 1.57. The summed E-state index contributed by atoms with van der Waals surface area (Å²) in [4.78, 5) is 34.0. The van der Waals surface area contributed by atoms with Gasteiger partial charge in [-0.1, -0.05) is 11.6 Å². The third-order valence-electron chi connectivity index (χ3n) is 2.48. The van der Waals surface area contributed by atoms with Crippen LogP contribution >= 0.6 is 11.6 Å². The van der Waals surface area contributed by atoms with E-state index in [9.17, 15) is 19.7 Å². The monoisotopic (exact) mass is 367 g/mol. The zero-order valence-corrected chi connectivity index (χ0v) is 12.8. The molecule has 0 aliphatic heterocycles. The third kappa shape index (κ3) is 6.70. The quantitative estimate of drug-likeness (QED) is 0.145. The van der Waals surface area contributed by atoms with Crippen molar-refractivity contribution in [3.63, 3.8) is 0 Å². The van der Waals surface area contributed by atoms with Crippen LogP contribution in [0.15, 0.2) is 23.8 Å². The molecule has 120 valence electrons. The molecule has 0 aromatic heterocycles. The molecular formula is C14H15ClKNO6. The number of benzene rings is 1. The molecule has 23 heavy (non-hydrogen) atoms. The van der Waals surface area contributed by atoms with Crippen molar-refractivity contribution < 1.29 is 24.0 Å². The standard InChI is InChI=1S/C14H14ClNO6.K.H/c1-3-21-13(17)11(14(18)22-4-2)7-9-5-6-10(15)8-12(9)16(19)20;;/h5-8H,3-4H2,1-2H3;;. The molecule has 0 heterocycles. The van der Waals surface area contributed by atoms with Gasteiger partial charge in [-0.25, -0.2) is 9.59 Å². The van der Waals surface area contributed by atoms with Crippen molar-refractivity contribution in [3.8, 4) is 0 Å². The van der Waals surface area contributed by atoms with E-state index in [0.717, 1.165) is 12.1 Å². The molecule has 0 aliphatic rings. The van der Waals surface area contributed by atoms with Gasteiger partial charge in [0.1, 0.15) is 5.57 Å². The molecule has 0 fully saturated rings. The van der Waals surface area contributed by atoms with Gasteiger partial charge in [-0.05, 0) is 32.1 Å². The van der Waals surface area contributed by atoms with E-state index < -0.39 is 22.4 Å². The number of halogens is 1. The van der Waals surface area contributed by atoms with Gasteiger partial charge in [0.05, 0.1) is 23.7 Å². The molecule has 0 amide bonds. The summed E-state index contributed by atoms with van der Waals surface area (Å²) >= 11 is 5.71. The maximum absolute atomic E-state index is 11.8. The summed E-state index contributed by atoms with van der Waals surface area (Å²) in [5.41, 5.74) is -0.710. The van der Waals surface area contributed by atoms with Gasteiger partial charge in [-0.15, -0.1) is 0 Å². The van der Waals surface area contributed by atoms with Crippen LogP contribution in [0.1, 0.15) is 19.4 Å². The second-order valence-electron chi connectivity index (χ2n) is 3.96. The first-order valence-corrected chi connectivity index (χ1v) is 6.78. The minimum absolute atomic E-state index is 0. The van der Waals surface area contributed by atoms with Crippen molar-refractivity contribution >= 4 is 86.7 Å². The topological polar surface area (TPSA) is 95.7 Å². The number of carbonyl (C=O) groups excluding carboxylic acids is 2. The van der Waals surface area contributed by atoms with Crippen LogP contribution in [0.3, 0.4) is 0 Å². The zero-order valence-electron chi connectivity index (χ0n) is 12.0.